The van der Waals surface area contributed by atoms with E-state index in [2.05, 4.69) is 9.98 Å². The molecule has 22 heavy (non-hydrogen) atoms. The summed E-state index contributed by atoms with van der Waals surface area (Å²) in [6.07, 6.45) is 0. The minimum atomic E-state index is -0.832. The fourth-order valence-corrected chi connectivity index (χ4v) is 2.45. The van der Waals surface area contributed by atoms with Crippen molar-refractivity contribution < 1.29 is 10.0 Å². The van der Waals surface area contributed by atoms with Gasteiger partial charge in [0.15, 0.2) is 0 Å². The molecule has 2 heterocycles. The molecule has 1 aromatic carbocycles. The Labute approximate surface area is 122 Å². The van der Waals surface area contributed by atoms with Gasteiger partial charge in [-0.1, -0.05) is 0 Å². The summed E-state index contributed by atoms with van der Waals surface area (Å²) in [7, 11) is 0. The summed E-state index contributed by atoms with van der Waals surface area (Å²) in [4.78, 5) is 41.7. The maximum Gasteiger partial charge on any atom is 0.328 e. The first kappa shape index (κ1) is 13.7. The van der Waals surface area contributed by atoms with Crippen LogP contribution in [0, 0.1) is 10.1 Å². The summed E-state index contributed by atoms with van der Waals surface area (Å²) in [6, 6.07) is 3.74. The minimum absolute atomic E-state index is 0.0818. The Morgan fingerprint density at radius 2 is 2.05 bits per heavy atom. The number of fused-ring (bicyclic) bond motifs is 1. The predicted octanol–water partition coefficient (Wildman–Crippen LogP) is 0.589. The van der Waals surface area contributed by atoms with Crippen LogP contribution < -0.4 is 11.2 Å². The van der Waals surface area contributed by atoms with Crippen molar-refractivity contribution in [3.63, 3.8) is 0 Å². The highest BCUT2D eigenvalue weighted by Gasteiger charge is 2.28. The molecular weight excluding hydrogens is 292 g/mol. The van der Waals surface area contributed by atoms with Crippen molar-refractivity contribution in [2.75, 3.05) is 0 Å². The largest absolute Gasteiger partial charge is 0.494 e. The van der Waals surface area contributed by atoms with Gasteiger partial charge in [-0.15, -0.1) is 0 Å². The van der Waals surface area contributed by atoms with Gasteiger partial charge in [0.2, 0.25) is 5.88 Å². The summed E-state index contributed by atoms with van der Waals surface area (Å²) in [6.45, 7) is 1.71. The molecule has 1 unspecified atom stereocenters. The van der Waals surface area contributed by atoms with E-state index in [0.717, 1.165) is 0 Å². The Hall–Kier alpha value is -3.23. The van der Waals surface area contributed by atoms with Crippen molar-refractivity contribution in [2.24, 2.45) is 4.99 Å². The number of nitrogens with zero attached hydrogens (tertiary/aromatic N) is 2. The number of aromatic amines is 2. The standard InChI is InChI=1S/C13H10N4O5/c1-5-8-4-6(17(21)22)2-3-7(8)10(14-5)9-11(18)15-13(20)16-12(9)19/h2-5H,1H3,(H3,15,16,18,19,20). The third-order valence-electron chi connectivity index (χ3n) is 3.43. The van der Waals surface area contributed by atoms with Crippen LogP contribution in [0.15, 0.2) is 32.8 Å². The van der Waals surface area contributed by atoms with Crippen LogP contribution in [0.1, 0.15) is 29.7 Å². The quantitative estimate of drug-likeness (QED) is 0.549. The lowest BCUT2D eigenvalue weighted by Crippen LogP contribution is -2.27. The van der Waals surface area contributed by atoms with Crippen LogP contribution >= 0.6 is 0 Å². The van der Waals surface area contributed by atoms with Crippen LogP contribution in [-0.4, -0.2) is 25.7 Å². The molecule has 0 spiro atoms. The second-order valence-electron chi connectivity index (χ2n) is 4.81. The van der Waals surface area contributed by atoms with Crippen LogP contribution in [0.4, 0.5) is 5.69 Å². The third-order valence-corrected chi connectivity index (χ3v) is 3.43. The average Bonchev–Trinajstić information content (AvgIpc) is 2.74. The molecule has 0 bridgehead atoms. The van der Waals surface area contributed by atoms with Gasteiger partial charge in [0.25, 0.3) is 11.2 Å². The molecule has 1 atom stereocenters. The van der Waals surface area contributed by atoms with Gasteiger partial charge in [-0.05, 0) is 18.6 Å². The summed E-state index contributed by atoms with van der Waals surface area (Å²) in [5.41, 5.74) is -0.589. The fourth-order valence-electron chi connectivity index (χ4n) is 2.45. The minimum Gasteiger partial charge on any atom is -0.494 e. The van der Waals surface area contributed by atoms with Crippen molar-refractivity contribution in [3.05, 3.63) is 65.8 Å². The highest BCUT2D eigenvalue weighted by Crippen LogP contribution is 2.34. The number of H-pyrrole nitrogens is 2. The molecule has 112 valence electrons. The first-order chi connectivity index (χ1) is 10.4. The molecule has 2 aromatic rings. The first-order valence-corrected chi connectivity index (χ1v) is 6.31. The van der Waals surface area contributed by atoms with Gasteiger partial charge in [-0.25, -0.2) is 4.79 Å². The van der Waals surface area contributed by atoms with E-state index in [0.29, 0.717) is 11.1 Å². The zero-order chi connectivity index (χ0) is 16.0. The molecule has 0 radical (unpaired) electrons. The average molecular weight is 302 g/mol. The summed E-state index contributed by atoms with van der Waals surface area (Å²) in [5.74, 6) is -0.592. The summed E-state index contributed by atoms with van der Waals surface area (Å²) in [5, 5.41) is 20.7. The number of hydrogen-bond donors (Lipinski definition) is 3. The number of rotatable bonds is 2. The van der Waals surface area contributed by atoms with Crippen molar-refractivity contribution in [1.82, 2.24) is 9.97 Å². The van der Waals surface area contributed by atoms with Crippen LogP contribution in [0.3, 0.4) is 0 Å². The lowest BCUT2D eigenvalue weighted by atomic mass is 9.98. The van der Waals surface area contributed by atoms with Gasteiger partial charge >= 0.3 is 5.69 Å². The molecule has 0 fully saturated rings. The summed E-state index contributed by atoms with van der Waals surface area (Å²) >= 11 is 0. The van der Waals surface area contributed by atoms with Gasteiger partial charge in [0.1, 0.15) is 5.56 Å². The van der Waals surface area contributed by atoms with Crippen molar-refractivity contribution in [2.45, 2.75) is 13.0 Å². The van der Waals surface area contributed by atoms with Crippen LogP contribution in [-0.2, 0) is 0 Å². The van der Waals surface area contributed by atoms with Crippen molar-refractivity contribution in [1.29, 1.82) is 0 Å². The zero-order valence-corrected chi connectivity index (χ0v) is 11.3. The molecule has 9 nitrogen and oxygen atoms in total. The molecule has 1 aromatic heterocycles. The van der Waals surface area contributed by atoms with E-state index in [1.54, 1.807) is 6.92 Å². The lowest BCUT2D eigenvalue weighted by molar-refractivity contribution is -0.384. The summed E-state index contributed by atoms with van der Waals surface area (Å²) < 4.78 is 0. The molecule has 3 rings (SSSR count). The van der Waals surface area contributed by atoms with Gasteiger partial charge in [-0.3, -0.25) is 29.9 Å². The second kappa shape index (κ2) is 4.65. The third kappa shape index (κ3) is 1.99. The molecule has 3 N–H and O–H groups in total. The first-order valence-electron chi connectivity index (χ1n) is 6.31. The van der Waals surface area contributed by atoms with Crippen LogP contribution in [0.25, 0.3) is 0 Å². The Bertz CT molecular complexity index is 940. The van der Waals surface area contributed by atoms with Crippen molar-refractivity contribution >= 4 is 11.4 Å². The van der Waals surface area contributed by atoms with E-state index >= 15 is 0 Å². The number of nitro benzene ring substituents is 1. The number of aliphatic imine (C=N–C) groups is 1. The Balaban J connectivity index is 2.22. The maximum atomic E-state index is 11.9. The highest BCUT2D eigenvalue weighted by atomic mass is 16.6. The van der Waals surface area contributed by atoms with Crippen LogP contribution in [0.2, 0.25) is 0 Å². The van der Waals surface area contributed by atoms with E-state index in [1.165, 1.54) is 18.2 Å². The van der Waals surface area contributed by atoms with Gasteiger partial charge in [0.05, 0.1) is 16.7 Å². The number of aromatic nitrogens is 2. The molecule has 1 aliphatic rings. The van der Waals surface area contributed by atoms with Crippen LogP contribution in [0.5, 0.6) is 5.88 Å². The Morgan fingerprint density at radius 3 is 2.68 bits per heavy atom. The number of nitro groups is 1. The molecule has 0 saturated carbocycles. The molecule has 0 amide bonds. The lowest BCUT2D eigenvalue weighted by Gasteiger charge is -2.05. The number of benzene rings is 1. The predicted molar refractivity (Wildman–Crippen MR) is 76.5 cm³/mol. The van der Waals surface area contributed by atoms with Crippen molar-refractivity contribution in [3.8, 4) is 5.88 Å². The number of aromatic hydroxyl groups is 1. The van der Waals surface area contributed by atoms with E-state index in [1.807, 2.05) is 4.98 Å². The normalized spacial score (nSPS) is 16.2. The Morgan fingerprint density at radius 1 is 1.32 bits per heavy atom. The van der Waals surface area contributed by atoms with E-state index < -0.39 is 28.1 Å². The van der Waals surface area contributed by atoms with Gasteiger partial charge < -0.3 is 5.11 Å². The molecule has 0 aliphatic carbocycles. The smallest absolute Gasteiger partial charge is 0.328 e. The van der Waals surface area contributed by atoms with E-state index in [9.17, 15) is 24.8 Å². The second-order valence-corrected chi connectivity index (χ2v) is 4.81. The molecular formula is C13H10N4O5. The highest BCUT2D eigenvalue weighted by molar-refractivity contribution is 6.16. The molecule has 1 aliphatic heterocycles. The topological polar surface area (TPSA) is 141 Å². The number of non-ortho nitro benzene ring substituents is 1. The fraction of sp³-hybridized carbons (Fsp3) is 0.154. The number of nitrogens with one attached hydrogen (secondary N) is 2. The molecule has 9 heteroatoms. The zero-order valence-electron chi connectivity index (χ0n) is 11.3. The monoisotopic (exact) mass is 302 g/mol. The van der Waals surface area contributed by atoms with E-state index in [-0.39, 0.29) is 17.0 Å². The van der Waals surface area contributed by atoms with E-state index in [4.69, 9.17) is 0 Å². The number of hydrogen-bond acceptors (Lipinski definition) is 6. The van der Waals surface area contributed by atoms with Gasteiger partial charge in [0, 0.05) is 17.7 Å². The molecule has 0 saturated heterocycles. The Kier molecular flexibility index (Phi) is 2.91. The van der Waals surface area contributed by atoms with Gasteiger partial charge in [-0.2, -0.15) is 0 Å². The maximum absolute atomic E-state index is 11.9. The SMILES string of the molecule is CC1N=C(c2c(O)[nH]c(=O)[nH]c2=O)c2ccc([N+](=O)[O-])cc21.